The van der Waals surface area contributed by atoms with Crippen molar-refractivity contribution < 1.29 is 37.3 Å². The van der Waals surface area contributed by atoms with Crippen molar-refractivity contribution in [1.82, 2.24) is 14.6 Å². The summed E-state index contributed by atoms with van der Waals surface area (Å²) in [6, 6.07) is 0.165. The maximum Gasteiger partial charge on any atom is 0.344 e. The number of aromatic nitrogens is 1. The first-order valence-corrected chi connectivity index (χ1v) is 10.4. The first-order valence-electron chi connectivity index (χ1n) is 9.61. The number of amides is 2. The number of aryl methyl sites for hydroxylation is 1. The normalized spacial score (nSPS) is 14.2. The largest absolute Gasteiger partial charge is 0.477 e. The highest BCUT2D eigenvalue weighted by molar-refractivity contribution is 7.11. The molecule has 1 aromatic carbocycles. The molecule has 174 valence electrons. The lowest BCUT2D eigenvalue weighted by Gasteiger charge is -2.26. The van der Waals surface area contributed by atoms with Crippen molar-refractivity contribution in [2.75, 3.05) is 44.7 Å². The number of hydrogen-bond donors (Lipinski definition) is 3. The van der Waals surface area contributed by atoms with E-state index in [-0.39, 0.29) is 10.6 Å². The fourth-order valence-corrected chi connectivity index (χ4v) is 3.69. The van der Waals surface area contributed by atoms with Gasteiger partial charge >= 0.3 is 12.0 Å². The van der Waals surface area contributed by atoms with Crippen molar-refractivity contribution in [3.8, 4) is 5.88 Å². The number of aromatic carboxylic acids is 1. The molecule has 1 aliphatic rings. The van der Waals surface area contributed by atoms with E-state index in [2.05, 4.69) is 19.9 Å². The zero-order valence-electron chi connectivity index (χ0n) is 17.0. The number of nitrogens with one attached hydrogen (secondary N) is 2. The molecule has 0 aliphatic carbocycles. The van der Waals surface area contributed by atoms with Gasteiger partial charge in [-0.25, -0.2) is 22.8 Å². The number of halogens is 3. The van der Waals surface area contributed by atoms with Crippen LogP contribution in [-0.2, 0) is 11.3 Å². The van der Waals surface area contributed by atoms with Gasteiger partial charge in [0.25, 0.3) is 0 Å². The highest BCUT2D eigenvalue weighted by Gasteiger charge is 2.25. The van der Waals surface area contributed by atoms with Crippen molar-refractivity contribution >= 4 is 28.5 Å². The predicted molar refractivity (Wildman–Crippen MR) is 109 cm³/mol. The SMILES string of the molecule is Cc1cc(F)c(COc2nsc(NC(=O)NCCN3CCOCC3)c2C(=O)O)c(F)c1F. The van der Waals surface area contributed by atoms with Crippen LogP contribution < -0.4 is 15.4 Å². The maximum absolute atomic E-state index is 14.0. The molecular weight excluding hydrogens is 453 g/mol. The molecule has 1 saturated heterocycles. The van der Waals surface area contributed by atoms with Crippen molar-refractivity contribution in [3.63, 3.8) is 0 Å². The van der Waals surface area contributed by atoms with E-state index in [0.29, 0.717) is 37.8 Å². The van der Waals surface area contributed by atoms with Crippen molar-refractivity contribution in [2.24, 2.45) is 0 Å². The van der Waals surface area contributed by atoms with Crippen LogP contribution >= 0.6 is 11.5 Å². The molecule has 0 atom stereocenters. The predicted octanol–water partition coefficient (Wildman–Crippen LogP) is 2.60. The Labute approximate surface area is 185 Å². The van der Waals surface area contributed by atoms with Crippen LogP contribution in [0.5, 0.6) is 5.88 Å². The quantitative estimate of drug-likeness (QED) is 0.504. The first kappa shape index (κ1) is 23.8. The number of carboxylic acid groups (broad SMARTS) is 1. The van der Waals surface area contributed by atoms with Crippen LogP contribution in [0.3, 0.4) is 0 Å². The van der Waals surface area contributed by atoms with Crippen LogP contribution in [0.1, 0.15) is 21.5 Å². The molecule has 1 aromatic heterocycles. The highest BCUT2D eigenvalue weighted by Crippen LogP contribution is 2.31. The Bertz CT molecular complexity index is 998. The highest BCUT2D eigenvalue weighted by atomic mass is 32.1. The fraction of sp³-hybridized carbons (Fsp3) is 0.421. The molecule has 2 amide bonds. The molecule has 0 radical (unpaired) electrons. The third-order valence-electron chi connectivity index (χ3n) is 4.71. The van der Waals surface area contributed by atoms with Crippen LogP contribution in [0.25, 0.3) is 0 Å². The Hall–Kier alpha value is -2.90. The number of anilines is 1. The summed E-state index contributed by atoms with van der Waals surface area (Å²) in [6.07, 6.45) is 0. The summed E-state index contributed by atoms with van der Waals surface area (Å²) in [5.41, 5.74) is -1.39. The van der Waals surface area contributed by atoms with Crippen LogP contribution in [-0.4, -0.2) is 65.8 Å². The minimum Gasteiger partial charge on any atom is -0.477 e. The van der Waals surface area contributed by atoms with Gasteiger partial charge in [0, 0.05) is 26.2 Å². The molecule has 0 spiro atoms. The Kier molecular flexibility index (Phi) is 7.88. The van der Waals surface area contributed by atoms with Gasteiger partial charge in [0.15, 0.2) is 17.2 Å². The molecule has 0 bridgehead atoms. The summed E-state index contributed by atoms with van der Waals surface area (Å²) in [6.45, 7) is 4.12. The van der Waals surface area contributed by atoms with Crippen molar-refractivity contribution in [3.05, 3.63) is 40.2 Å². The Morgan fingerprint density at radius 2 is 2.00 bits per heavy atom. The average Bonchev–Trinajstić information content (AvgIpc) is 3.15. The number of ether oxygens (including phenoxy) is 2. The minimum absolute atomic E-state index is 0.118. The third-order valence-corrected chi connectivity index (χ3v) is 5.45. The zero-order chi connectivity index (χ0) is 23.3. The number of hydrogen-bond acceptors (Lipinski definition) is 7. The second kappa shape index (κ2) is 10.6. The molecule has 0 saturated carbocycles. The first-order chi connectivity index (χ1) is 15.3. The maximum atomic E-state index is 14.0. The number of benzene rings is 1. The van der Waals surface area contributed by atoms with E-state index in [0.717, 1.165) is 19.2 Å². The molecule has 13 heteroatoms. The minimum atomic E-state index is -1.46. The van der Waals surface area contributed by atoms with Gasteiger partial charge in [-0.1, -0.05) is 0 Å². The van der Waals surface area contributed by atoms with Gasteiger partial charge in [0.2, 0.25) is 5.88 Å². The van der Waals surface area contributed by atoms with Gasteiger partial charge in [0.1, 0.15) is 17.4 Å². The molecule has 2 aromatic rings. The monoisotopic (exact) mass is 474 g/mol. The second-order valence-electron chi connectivity index (χ2n) is 6.90. The van der Waals surface area contributed by atoms with Crippen LogP contribution in [0, 0.1) is 24.4 Å². The molecule has 32 heavy (non-hydrogen) atoms. The molecular formula is C19H21F3N4O5S. The molecule has 0 unspecified atom stereocenters. The number of rotatable bonds is 8. The van der Waals surface area contributed by atoms with Gasteiger partial charge in [-0.05, 0) is 30.1 Å². The Morgan fingerprint density at radius 1 is 1.28 bits per heavy atom. The number of carbonyl (C=O) groups excluding carboxylic acids is 1. The van der Waals surface area contributed by atoms with E-state index < -0.39 is 53.1 Å². The summed E-state index contributed by atoms with van der Waals surface area (Å²) in [4.78, 5) is 25.9. The smallest absolute Gasteiger partial charge is 0.344 e. The number of morpholine rings is 1. The van der Waals surface area contributed by atoms with Gasteiger partial charge in [0.05, 0.1) is 18.8 Å². The lowest BCUT2D eigenvalue weighted by molar-refractivity contribution is 0.0388. The third kappa shape index (κ3) is 5.66. The van der Waals surface area contributed by atoms with E-state index in [4.69, 9.17) is 9.47 Å². The molecule has 1 fully saturated rings. The van der Waals surface area contributed by atoms with E-state index in [1.165, 1.54) is 6.92 Å². The topological polar surface area (TPSA) is 113 Å². The van der Waals surface area contributed by atoms with E-state index in [9.17, 15) is 27.9 Å². The van der Waals surface area contributed by atoms with Crippen LogP contribution in [0.15, 0.2) is 6.07 Å². The lowest BCUT2D eigenvalue weighted by atomic mass is 10.1. The van der Waals surface area contributed by atoms with Crippen molar-refractivity contribution in [2.45, 2.75) is 13.5 Å². The van der Waals surface area contributed by atoms with Crippen molar-refractivity contribution in [1.29, 1.82) is 0 Å². The number of urea groups is 1. The molecule has 3 N–H and O–H groups in total. The Morgan fingerprint density at radius 3 is 2.69 bits per heavy atom. The van der Waals surface area contributed by atoms with E-state index >= 15 is 0 Å². The summed E-state index contributed by atoms with van der Waals surface area (Å²) in [5.74, 6) is -5.60. The molecule has 2 heterocycles. The molecule has 3 rings (SSSR count). The average molecular weight is 474 g/mol. The van der Waals surface area contributed by atoms with Gasteiger partial charge in [-0.15, -0.1) is 0 Å². The van der Waals surface area contributed by atoms with E-state index in [1.807, 2.05) is 0 Å². The second-order valence-corrected chi connectivity index (χ2v) is 7.68. The summed E-state index contributed by atoms with van der Waals surface area (Å²) in [7, 11) is 0. The van der Waals surface area contributed by atoms with Crippen LogP contribution in [0.4, 0.5) is 23.0 Å². The summed E-state index contributed by atoms with van der Waals surface area (Å²) < 4.78 is 55.9. The number of nitrogens with zero attached hydrogens (tertiary/aromatic N) is 2. The summed E-state index contributed by atoms with van der Waals surface area (Å²) in [5, 5.41) is 14.3. The number of carbonyl (C=O) groups is 2. The molecule has 1 aliphatic heterocycles. The van der Waals surface area contributed by atoms with E-state index in [1.54, 1.807) is 0 Å². The Balaban J connectivity index is 1.62. The molecule has 9 nitrogen and oxygen atoms in total. The standard InChI is InChI=1S/C19H21F3N4O5S/c1-10-8-12(20)11(15(22)14(10)21)9-31-16-13(18(27)28)17(32-25-16)24-19(29)23-2-3-26-4-6-30-7-5-26/h8H,2-7,9H2,1H3,(H,27,28)(H2,23,24,29). The summed E-state index contributed by atoms with van der Waals surface area (Å²) >= 11 is 0.627. The number of carboxylic acids is 1. The van der Waals surface area contributed by atoms with Crippen LogP contribution in [0.2, 0.25) is 0 Å². The zero-order valence-corrected chi connectivity index (χ0v) is 17.9. The van der Waals surface area contributed by atoms with Gasteiger partial charge < -0.3 is 19.9 Å². The van der Waals surface area contributed by atoms with Gasteiger partial charge in [-0.3, -0.25) is 10.2 Å². The fourth-order valence-electron chi connectivity index (χ4n) is 2.97. The lowest BCUT2D eigenvalue weighted by Crippen LogP contribution is -2.42. The van der Waals surface area contributed by atoms with Gasteiger partial charge in [-0.2, -0.15) is 4.37 Å².